The fraction of sp³-hybridized carbons (Fsp3) is 0.960. The average Bonchev–Trinajstić information content (AvgIpc) is 2.68. The van der Waals surface area contributed by atoms with Crippen LogP contribution >= 0.6 is 0 Å². The van der Waals surface area contributed by atoms with Gasteiger partial charge < -0.3 is 14.8 Å². The van der Waals surface area contributed by atoms with Crippen molar-refractivity contribution >= 4 is 5.97 Å². The first-order valence-electron chi connectivity index (χ1n) is 12.6. The molecule has 0 aromatic carbocycles. The van der Waals surface area contributed by atoms with Crippen LogP contribution in [0.2, 0.25) is 0 Å². The molecule has 3 nitrogen and oxygen atoms in total. The van der Waals surface area contributed by atoms with Crippen LogP contribution in [0.1, 0.15) is 136 Å². The van der Waals surface area contributed by atoms with Crippen molar-refractivity contribution in [1.29, 1.82) is 0 Å². The predicted octanol–water partition coefficient (Wildman–Crippen LogP) is 3.49. The Morgan fingerprint density at radius 2 is 1.14 bits per heavy atom. The number of carboxylic acids is 1. The molecule has 1 unspecified atom stereocenters. The molecule has 0 spiro atoms. The van der Waals surface area contributed by atoms with Crippen molar-refractivity contribution < 1.29 is 28.8 Å². The van der Waals surface area contributed by atoms with Crippen LogP contribution in [-0.4, -0.2) is 30.0 Å². The van der Waals surface area contributed by atoms with E-state index in [-0.39, 0.29) is 25.3 Å². The fourth-order valence-corrected chi connectivity index (χ4v) is 4.14. The van der Waals surface area contributed by atoms with Crippen molar-refractivity contribution in [3.05, 3.63) is 0 Å². The minimum Gasteiger partial charge on any atom is -0.550 e. The zero-order chi connectivity index (χ0) is 20.9. The van der Waals surface area contributed by atoms with Gasteiger partial charge in [0.25, 0.3) is 0 Å². The van der Waals surface area contributed by atoms with Gasteiger partial charge in [-0.2, -0.15) is 0 Å². The Hall–Kier alpha value is 0.0274. The molecule has 4 heteroatoms. The SMILES string of the molecule is CCCCCCCCN(CCCCCCCC)C(CC)CCCCCC(=O)[O-].[Li+]. The van der Waals surface area contributed by atoms with Crippen molar-refractivity contribution in [2.24, 2.45) is 0 Å². The average molecular weight is 404 g/mol. The van der Waals surface area contributed by atoms with Crippen LogP contribution in [0.5, 0.6) is 0 Å². The number of hydrogen-bond acceptors (Lipinski definition) is 3. The molecule has 0 bridgehead atoms. The Bertz CT molecular complexity index is 323. The molecule has 0 aromatic heterocycles. The molecule has 0 radical (unpaired) electrons. The van der Waals surface area contributed by atoms with E-state index >= 15 is 0 Å². The summed E-state index contributed by atoms with van der Waals surface area (Å²) in [6, 6.07) is 0.675. The standard InChI is InChI=1S/C25H51NO2.Li/c1-4-7-9-11-13-18-22-26(23-19-14-12-10-8-5-2)24(6-3)20-16-15-17-21-25(27)28;/h24H,4-23H2,1-3H3,(H,27,28);/q;+1/p-1. The number of hydrogen-bond donors (Lipinski definition) is 0. The molecule has 168 valence electrons. The Balaban J connectivity index is 0. The summed E-state index contributed by atoms with van der Waals surface area (Å²) in [7, 11) is 0. The summed E-state index contributed by atoms with van der Waals surface area (Å²) < 4.78 is 0. The van der Waals surface area contributed by atoms with Crippen LogP contribution in [0.15, 0.2) is 0 Å². The van der Waals surface area contributed by atoms with E-state index in [0.29, 0.717) is 6.04 Å². The van der Waals surface area contributed by atoms with E-state index in [9.17, 15) is 9.90 Å². The third kappa shape index (κ3) is 21.1. The zero-order valence-corrected chi connectivity index (χ0v) is 20.5. The third-order valence-electron chi connectivity index (χ3n) is 6.00. The van der Waals surface area contributed by atoms with Crippen LogP contribution in [0.25, 0.3) is 0 Å². The van der Waals surface area contributed by atoms with Gasteiger partial charge in [0.1, 0.15) is 0 Å². The van der Waals surface area contributed by atoms with Crippen LogP contribution in [0.4, 0.5) is 0 Å². The minimum absolute atomic E-state index is 0. The van der Waals surface area contributed by atoms with Crippen LogP contribution in [0, 0.1) is 0 Å². The maximum absolute atomic E-state index is 10.6. The Kier molecular flexibility index (Phi) is 26.2. The first-order valence-corrected chi connectivity index (χ1v) is 12.6. The number of aliphatic carboxylic acids is 1. The third-order valence-corrected chi connectivity index (χ3v) is 6.00. The van der Waals surface area contributed by atoms with Crippen molar-refractivity contribution in [3.8, 4) is 0 Å². The zero-order valence-electron chi connectivity index (χ0n) is 20.5. The second-order valence-electron chi connectivity index (χ2n) is 8.60. The van der Waals surface area contributed by atoms with Gasteiger partial charge in [0.2, 0.25) is 0 Å². The Morgan fingerprint density at radius 3 is 1.59 bits per heavy atom. The van der Waals surface area contributed by atoms with E-state index in [1.165, 1.54) is 103 Å². The van der Waals surface area contributed by atoms with E-state index in [0.717, 1.165) is 19.3 Å². The summed E-state index contributed by atoms with van der Waals surface area (Å²) >= 11 is 0. The Morgan fingerprint density at radius 1 is 0.690 bits per heavy atom. The molecular formula is C25H50LiNO2. The molecule has 0 aromatic rings. The van der Waals surface area contributed by atoms with Gasteiger partial charge in [0.15, 0.2) is 0 Å². The van der Waals surface area contributed by atoms with Gasteiger partial charge in [0, 0.05) is 12.0 Å². The van der Waals surface area contributed by atoms with E-state index in [1.807, 2.05) is 0 Å². The summed E-state index contributed by atoms with van der Waals surface area (Å²) in [4.78, 5) is 13.3. The van der Waals surface area contributed by atoms with Gasteiger partial charge in [-0.3, -0.25) is 0 Å². The summed E-state index contributed by atoms with van der Waals surface area (Å²) in [6.45, 7) is 9.38. The van der Waals surface area contributed by atoms with Gasteiger partial charge in [-0.25, -0.2) is 0 Å². The van der Waals surface area contributed by atoms with Crippen LogP contribution in [0.3, 0.4) is 0 Å². The number of carbonyl (C=O) groups excluding carboxylic acids is 1. The fourth-order valence-electron chi connectivity index (χ4n) is 4.14. The number of nitrogens with zero attached hydrogens (tertiary/aromatic N) is 1. The summed E-state index contributed by atoms with van der Waals surface area (Å²) in [5.41, 5.74) is 0. The van der Waals surface area contributed by atoms with Gasteiger partial charge in [-0.05, 0) is 51.6 Å². The largest absolute Gasteiger partial charge is 1.00 e. The summed E-state index contributed by atoms with van der Waals surface area (Å²) in [5.74, 6) is -0.903. The van der Waals surface area contributed by atoms with Crippen LogP contribution < -0.4 is 24.0 Å². The molecule has 0 saturated heterocycles. The molecule has 0 rings (SSSR count). The van der Waals surface area contributed by atoms with Gasteiger partial charge in [-0.15, -0.1) is 0 Å². The maximum Gasteiger partial charge on any atom is 1.00 e. The normalized spacial score (nSPS) is 12.1. The number of unbranched alkanes of at least 4 members (excludes halogenated alkanes) is 12. The summed E-state index contributed by atoms with van der Waals surface area (Å²) in [6.07, 6.45) is 22.0. The van der Waals surface area contributed by atoms with E-state index < -0.39 is 5.97 Å². The second-order valence-corrected chi connectivity index (χ2v) is 8.60. The topological polar surface area (TPSA) is 43.4 Å². The molecule has 0 aliphatic rings. The molecule has 0 heterocycles. The van der Waals surface area contributed by atoms with Crippen molar-refractivity contribution in [1.82, 2.24) is 4.90 Å². The molecular weight excluding hydrogens is 353 g/mol. The first-order chi connectivity index (χ1) is 13.7. The van der Waals surface area contributed by atoms with E-state index in [4.69, 9.17) is 0 Å². The van der Waals surface area contributed by atoms with E-state index in [1.54, 1.807) is 0 Å². The summed E-state index contributed by atoms with van der Waals surface area (Å²) in [5, 5.41) is 10.6. The number of carbonyl (C=O) groups is 1. The predicted molar refractivity (Wildman–Crippen MR) is 120 cm³/mol. The van der Waals surface area contributed by atoms with E-state index in [2.05, 4.69) is 25.7 Å². The second kappa shape index (κ2) is 24.3. The minimum atomic E-state index is -0.903. The van der Waals surface area contributed by atoms with Crippen molar-refractivity contribution in [3.63, 3.8) is 0 Å². The molecule has 0 amide bonds. The molecule has 0 N–H and O–H groups in total. The molecule has 29 heavy (non-hydrogen) atoms. The van der Waals surface area contributed by atoms with Gasteiger partial charge >= 0.3 is 18.9 Å². The monoisotopic (exact) mass is 403 g/mol. The molecule has 1 atom stereocenters. The molecule has 0 saturated carbocycles. The first kappa shape index (κ1) is 31.2. The molecule has 0 aliphatic carbocycles. The maximum atomic E-state index is 10.6. The quantitative estimate of drug-likeness (QED) is 0.205. The molecule has 0 aliphatic heterocycles. The number of carboxylic acid groups (broad SMARTS) is 1. The Labute approximate surface area is 195 Å². The van der Waals surface area contributed by atoms with Crippen LogP contribution in [-0.2, 0) is 4.79 Å². The van der Waals surface area contributed by atoms with Gasteiger partial charge in [-0.1, -0.05) is 97.8 Å². The van der Waals surface area contributed by atoms with Gasteiger partial charge in [0.05, 0.1) is 0 Å². The molecule has 0 fully saturated rings. The number of rotatable bonds is 22. The van der Waals surface area contributed by atoms with Crippen molar-refractivity contribution in [2.45, 2.75) is 142 Å². The smallest absolute Gasteiger partial charge is 0.550 e. The van der Waals surface area contributed by atoms with Crippen molar-refractivity contribution in [2.75, 3.05) is 13.1 Å².